The minimum absolute atomic E-state index is 0.0854. The molecule has 0 fully saturated rings. The van der Waals surface area contributed by atoms with E-state index in [-0.39, 0.29) is 12.3 Å². The molecule has 0 saturated carbocycles. The van der Waals surface area contributed by atoms with Gasteiger partial charge in [0.05, 0.1) is 13.5 Å². The Morgan fingerprint density at radius 1 is 0.824 bits per heavy atom. The number of amides is 1. The van der Waals surface area contributed by atoms with Crippen LogP contribution in [0.15, 0.2) is 72.9 Å². The topological polar surface area (TPSA) is 101 Å². The molecule has 0 aliphatic carbocycles. The smallest absolute Gasteiger partial charge is 0.228 e. The lowest BCUT2D eigenvalue weighted by molar-refractivity contribution is -0.115. The van der Waals surface area contributed by atoms with Gasteiger partial charge in [0.2, 0.25) is 5.91 Å². The van der Waals surface area contributed by atoms with Crippen molar-refractivity contribution in [3.05, 3.63) is 89.9 Å². The van der Waals surface area contributed by atoms with Crippen LogP contribution in [-0.2, 0) is 11.2 Å². The summed E-state index contributed by atoms with van der Waals surface area (Å²) >= 11 is 0. The van der Waals surface area contributed by atoms with E-state index >= 15 is 0 Å². The van der Waals surface area contributed by atoms with Crippen LogP contribution in [0.5, 0.6) is 5.75 Å². The first-order valence-electron chi connectivity index (χ1n) is 10.8. The fraction of sp³-hybridized carbons (Fsp3) is 0.154. The maximum absolute atomic E-state index is 12.4. The van der Waals surface area contributed by atoms with E-state index in [4.69, 9.17) is 4.74 Å². The zero-order valence-electron chi connectivity index (χ0n) is 19.3. The molecule has 2 aromatic heterocycles. The molecule has 0 aliphatic rings. The van der Waals surface area contributed by atoms with Gasteiger partial charge in [-0.2, -0.15) is 0 Å². The molecule has 34 heavy (non-hydrogen) atoms. The summed E-state index contributed by atoms with van der Waals surface area (Å²) in [5.74, 6) is 3.33. The second kappa shape index (κ2) is 10.4. The van der Waals surface area contributed by atoms with Crippen LogP contribution in [0.4, 0.5) is 28.8 Å². The number of hydrogen-bond acceptors (Lipinski definition) is 7. The Kier molecular flexibility index (Phi) is 6.98. The third-order valence-corrected chi connectivity index (χ3v) is 4.97. The number of ether oxygens (including phenoxy) is 1. The number of benzene rings is 2. The lowest BCUT2D eigenvalue weighted by atomic mass is 10.1. The number of pyridine rings is 1. The summed E-state index contributed by atoms with van der Waals surface area (Å²) in [7, 11) is 1.62. The van der Waals surface area contributed by atoms with Crippen LogP contribution in [-0.4, -0.2) is 28.0 Å². The lowest BCUT2D eigenvalue weighted by Gasteiger charge is -2.11. The Hall–Kier alpha value is -4.46. The molecule has 2 heterocycles. The maximum Gasteiger partial charge on any atom is 0.228 e. The molecule has 0 saturated heterocycles. The minimum atomic E-state index is -0.0854. The van der Waals surface area contributed by atoms with E-state index in [2.05, 4.69) is 30.9 Å². The molecule has 0 bridgehead atoms. The average Bonchev–Trinajstić information content (AvgIpc) is 2.80. The molecular formula is C26H26N6O2. The van der Waals surface area contributed by atoms with Gasteiger partial charge >= 0.3 is 0 Å². The molecule has 4 aromatic rings. The summed E-state index contributed by atoms with van der Waals surface area (Å²) in [6.45, 7) is 3.84. The van der Waals surface area contributed by atoms with Crippen LogP contribution in [0.1, 0.15) is 17.0 Å². The Morgan fingerprint density at radius 3 is 2.18 bits per heavy atom. The predicted octanol–water partition coefficient (Wildman–Crippen LogP) is 5.17. The quantitative estimate of drug-likeness (QED) is 0.338. The molecule has 2 aromatic carbocycles. The fourth-order valence-corrected chi connectivity index (χ4v) is 3.35. The molecule has 172 valence electrons. The minimum Gasteiger partial charge on any atom is -0.497 e. The number of aryl methyl sites for hydroxylation is 2. The number of carbonyl (C=O) groups excluding carboxylic acids is 1. The third kappa shape index (κ3) is 6.29. The second-order valence-corrected chi connectivity index (χ2v) is 7.80. The van der Waals surface area contributed by atoms with Crippen molar-refractivity contribution in [2.45, 2.75) is 20.3 Å². The number of carbonyl (C=O) groups is 1. The van der Waals surface area contributed by atoms with Crippen LogP contribution in [0, 0.1) is 13.8 Å². The average molecular weight is 455 g/mol. The van der Waals surface area contributed by atoms with Crippen molar-refractivity contribution in [3.8, 4) is 5.75 Å². The van der Waals surface area contributed by atoms with E-state index in [1.54, 1.807) is 13.3 Å². The monoisotopic (exact) mass is 454 g/mol. The summed E-state index contributed by atoms with van der Waals surface area (Å²) in [5, 5.41) is 9.41. The van der Waals surface area contributed by atoms with E-state index < -0.39 is 0 Å². The molecule has 1 amide bonds. The van der Waals surface area contributed by atoms with Crippen molar-refractivity contribution in [2.75, 3.05) is 23.1 Å². The second-order valence-electron chi connectivity index (χ2n) is 7.80. The molecule has 3 N–H and O–H groups in total. The summed E-state index contributed by atoms with van der Waals surface area (Å²) in [6, 6.07) is 20.6. The maximum atomic E-state index is 12.4. The summed E-state index contributed by atoms with van der Waals surface area (Å²) in [4.78, 5) is 25.6. The van der Waals surface area contributed by atoms with E-state index in [1.807, 2.05) is 80.6 Å². The summed E-state index contributed by atoms with van der Waals surface area (Å²) in [5.41, 5.74) is 3.58. The van der Waals surface area contributed by atoms with Crippen LogP contribution in [0.25, 0.3) is 0 Å². The Bertz CT molecular complexity index is 1270. The van der Waals surface area contributed by atoms with Crippen molar-refractivity contribution >= 4 is 34.7 Å². The molecular weight excluding hydrogens is 428 g/mol. The molecule has 0 radical (unpaired) electrons. The highest BCUT2D eigenvalue weighted by Crippen LogP contribution is 2.21. The molecule has 0 atom stereocenters. The number of anilines is 5. The van der Waals surface area contributed by atoms with Crippen molar-refractivity contribution < 1.29 is 9.53 Å². The van der Waals surface area contributed by atoms with E-state index in [0.717, 1.165) is 34.1 Å². The van der Waals surface area contributed by atoms with E-state index in [0.29, 0.717) is 17.5 Å². The number of hydrogen-bond donors (Lipinski definition) is 3. The molecule has 0 spiro atoms. The summed E-state index contributed by atoms with van der Waals surface area (Å²) < 4.78 is 5.15. The first-order chi connectivity index (χ1) is 16.5. The van der Waals surface area contributed by atoms with Crippen molar-refractivity contribution in [3.63, 3.8) is 0 Å². The van der Waals surface area contributed by atoms with Crippen LogP contribution >= 0.6 is 0 Å². The number of methoxy groups -OCH3 is 1. The zero-order chi connectivity index (χ0) is 23.9. The Balaban J connectivity index is 1.37. The van der Waals surface area contributed by atoms with Gasteiger partial charge in [0.1, 0.15) is 29.0 Å². The standard InChI is InChI=1S/C26H26N6O2/c1-17-12-13-27-23(14-17)32-25-16-24(28-18(2)29-25)30-20-6-8-21(9-7-20)31-26(33)15-19-4-10-22(34-3)11-5-19/h4-14,16H,15H2,1-3H3,(H,31,33)(H2,27,28,29,30,32). The van der Waals surface area contributed by atoms with Gasteiger partial charge in [-0.1, -0.05) is 12.1 Å². The third-order valence-electron chi connectivity index (χ3n) is 4.97. The normalized spacial score (nSPS) is 10.4. The number of nitrogens with one attached hydrogen (secondary N) is 3. The van der Waals surface area contributed by atoms with Crippen molar-refractivity contribution in [2.24, 2.45) is 0 Å². The Labute approximate surface area is 198 Å². The van der Waals surface area contributed by atoms with Gasteiger partial charge < -0.3 is 20.7 Å². The van der Waals surface area contributed by atoms with Crippen LogP contribution in [0.3, 0.4) is 0 Å². The SMILES string of the molecule is COc1ccc(CC(=O)Nc2ccc(Nc3cc(Nc4cc(C)ccn4)nc(C)n3)cc2)cc1. The number of rotatable bonds is 8. The Morgan fingerprint density at radius 2 is 1.50 bits per heavy atom. The van der Waals surface area contributed by atoms with Gasteiger partial charge in [-0.3, -0.25) is 4.79 Å². The first-order valence-corrected chi connectivity index (χ1v) is 10.8. The van der Waals surface area contributed by atoms with Gasteiger partial charge in [0.15, 0.2) is 0 Å². The molecule has 4 rings (SSSR count). The van der Waals surface area contributed by atoms with Gasteiger partial charge in [0.25, 0.3) is 0 Å². The molecule has 8 nitrogen and oxygen atoms in total. The van der Waals surface area contributed by atoms with Gasteiger partial charge in [-0.15, -0.1) is 0 Å². The molecule has 0 unspecified atom stereocenters. The number of aromatic nitrogens is 3. The summed E-state index contributed by atoms with van der Waals surface area (Å²) in [6.07, 6.45) is 2.04. The van der Waals surface area contributed by atoms with Gasteiger partial charge in [-0.25, -0.2) is 15.0 Å². The van der Waals surface area contributed by atoms with Gasteiger partial charge in [0, 0.05) is 23.6 Å². The number of nitrogens with zero attached hydrogens (tertiary/aromatic N) is 3. The highest BCUT2D eigenvalue weighted by molar-refractivity contribution is 5.92. The largest absolute Gasteiger partial charge is 0.497 e. The lowest BCUT2D eigenvalue weighted by Crippen LogP contribution is -2.14. The molecule has 8 heteroatoms. The molecule has 0 aliphatic heterocycles. The fourth-order valence-electron chi connectivity index (χ4n) is 3.35. The van der Waals surface area contributed by atoms with Crippen molar-refractivity contribution in [1.82, 2.24) is 15.0 Å². The zero-order valence-corrected chi connectivity index (χ0v) is 19.3. The van der Waals surface area contributed by atoms with Crippen LogP contribution < -0.4 is 20.7 Å². The first kappa shape index (κ1) is 22.7. The van der Waals surface area contributed by atoms with Crippen LogP contribution in [0.2, 0.25) is 0 Å². The van der Waals surface area contributed by atoms with Gasteiger partial charge in [-0.05, 0) is 73.5 Å². The van der Waals surface area contributed by atoms with E-state index in [9.17, 15) is 4.79 Å². The highest BCUT2D eigenvalue weighted by Gasteiger charge is 2.07. The predicted molar refractivity (Wildman–Crippen MR) is 134 cm³/mol. The van der Waals surface area contributed by atoms with E-state index in [1.165, 1.54) is 0 Å². The highest BCUT2D eigenvalue weighted by atomic mass is 16.5. The van der Waals surface area contributed by atoms with Crippen molar-refractivity contribution in [1.29, 1.82) is 0 Å².